The normalized spacial score (nSPS) is 11.1. The molecule has 2 aromatic rings. The van der Waals surface area contributed by atoms with Crippen LogP contribution in [0.3, 0.4) is 0 Å². The molecule has 96 valence electrons. The highest BCUT2D eigenvalue weighted by Crippen LogP contribution is 2.23. The Hall–Kier alpha value is -2.20. The van der Waals surface area contributed by atoms with E-state index in [1.165, 1.54) is 19.2 Å². The number of hydrogen-bond donors (Lipinski definition) is 1. The van der Waals surface area contributed by atoms with Crippen molar-refractivity contribution >= 4 is 45.4 Å². The van der Waals surface area contributed by atoms with E-state index in [1.807, 2.05) is 0 Å². The summed E-state index contributed by atoms with van der Waals surface area (Å²) in [4.78, 5) is 36.4. The van der Waals surface area contributed by atoms with Gasteiger partial charge in [0.2, 0.25) is 5.78 Å². The average Bonchev–Trinajstić information content (AvgIpc) is 2.79. The molecule has 19 heavy (non-hydrogen) atoms. The molecule has 0 amide bonds. The Morgan fingerprint density at radius 3 is 2.63 bits per heavy atom. The van der Waals surface area contributed by atoms with Crippen molar-refractivity contribution in [3.63, 3.8) is 0 Å². The van der Waals surface area contributed by atoms with Gasteiger partial charge in [0, 0.05) is 11.6 Å². The molecule has 1 aromatic carbocycles. The van der Waals surface area contributed by atoms with Crippen molar-refractivity contribution in [3.05, 3.63) is 41.6 Å². The highest BCUT2D eigenvalue weighted by Gasteiger charge is 2.18. The van der Waals surface area contributed by atoms with Gasteiger partial charge in [0.1, 0.15) is 0 Å². The van der Waals surface area contributed by atoms with Crippen molar-refractivity contribution in [2.24, 2.45) is 0 Å². The molecule has 4 nitrogen and oxygen atoms in total. The zero-order chi connectivity index (χ0) is 14.0. The van der Waals surface area contributed by atoms with Crippen LogP contribution in [0.5, 0.6) is 0 Å². The highest BCUT2D eigenvalue weighted by molar-refractivity contribution is 6.83. The highest BCUT2D eigenvalue weighted by atomic mass is 35.5. The first-order chi connectivity index (χ1) is 9.00. The van der Waals surface area contributed by atoms with Crippen molar-refractivity contribution in [1.29, 1.82) is 0 Å². The van der Waals surface area contributed by atoms with Crippen LogP contribution in [0.25, 0.3) is 17.0 Å². The molecule has 0 fully saturated rings. The summed E-state index contributed by atoms with van der Waals surface area (Å²) in [6, 6.07) is 5.25. The maximum Gasteiger partial charge on any atom is 0.293 e. The van der Waals surface area contributed by atoms with E-state index in [0.29, 0.717) is 10.9 Å². The maximum atomic E-state index is 11.6. The van der Waals surface area contributed by atoms with Crippen LogP contribution in [0.1, 0.15) is 22.8 Å². The first-order valence-electron chi connectivity index (χ1n) is 5.53. The van der Waals surface area contributed by atoms with Gasteiger partial charge in [0.25, 0.3) is 5.24 Å². The van der Waals surface area contributed by atoms with Crippen molar-refractivity contribution < 1.29 is 14.4 Å². The number of hydrogen-bond acceptors (Lipinski definition) is 3. The number of halogens is 1. The van der Waals surface area contributed by atoms with Crippen molar-refractivity contribution in [2.45, 2.75) is 6.92 Å². The molecule has 0 saturated carbocycles. The van der Waals surface area contributed by atoms with Crippen LogP contribution in [0, 0.1) is 0 Å². The van der Waals surface area contributed by atoms with Crippen molar-refractivity contribution in [3.8, 4) is 0 Å². The second kappa shape index (κ2) is 5.20. The largest absolute Gasteiger partial charge is 0.360 e. The zero-order valence-corrected chi connectivity index (χ0v) is 10.8. The summed E-state index contributed by atoms with van der Waals surface area (Å²) < 4.78 is 0. The van der Waals surface area contributed by atoms with Crippen LogP contribution in [-0.4, -0.2) is 21.8 Å². The lowest BCUT2D eigenvalue weighted by Crippen LogP contribution is -2.06. The van der Waals surface area contributed by atoms with E-state index in [0.717, 1.165) is 5.56 Å². The number of ketones is 2. The number of Topliss-reactive ketones (excluding diaryl/α,β-unsaturated/α-hetero) is 1. The summed E-state index contributed by atoms with van der Waals surface area (Å²) >= 11 is 5.20. The van der Waals surface area contributed by atoms with Crippen LogP contribution in [0.4, 0.5) is 0 Å². The standard InChI is InChI=1S/C14H10ClNO3/c1-8(17)5-6-9-3-2-4-10-11(7-16-12(9)10)13(18)14(15)19/h2-7,16H,1H3. The van der Waals surface area contributed by atoms with E-state index >= 15 is 0 Å². The second-order valence-electron chi connectivity index (χ2n) is 4.02. The topological polar surface area (TPSA) is 67.0 Å². The Labute approximate surface area is 114 Å². The molecule has 2 rings (SSSR count). The minimum Gasteiger partial charge on any atom is -0.360 e. The summed E-state index contributed by atoms with van der Waals surface area (Å²) in [6.07, 6.45) is 4.53. The summed E-state index contributed by atoms with van der Waals surface area (Å²) in [6.45, 7) is 1.45. The lowest BCUT2D eigenvalue weighted by Gasteiger charge is -1.97. The lowest BCUT2D eigenvalue weighted by atomic mass is 10.1. The summed E-state index contributed by atoms with van der Waals surface area (Å²) in [5.74, 6) is -0.823. The molecule has 0 aliphatic carbocycles. The van der Waals surface area contributed by atoms with Gasteiger partial charge < -0.3 is 4.98 Å². The van der Waals surface area contributed by atoms with E-state index in [-0.39, 0.29) is 11.3 Å². The Balaban J connectivity index is 2.57. The average molecular weight is 276 g/mol. The van der Waals surface area contributed by atoms with Gasteiger partial charge in [-0.25, -0.2) is 0 Å². The van der Waals surface area contributed by atoms with E-state index in [4.69, 9.17) is 11.6 Å². The number of aromatic amines is 1. The summed E-state index contributed by atoms with van der Waals surface area (Å²) in [5.41, 5.74) is 1.67. The van der Waals surface area contributed by atoms with Crippen LogP contribution in [-0.2, 0) is 9.59 Å². The van der Waals surface area contributed by atoms with Crippen molar-refractivity contribution in [2.75, 3.05) is 0 Å². The summed E-state index contributed by atoms with van der Waals surface area (Å²) in [5, 5.41) is -0.421. The number of nitrogens with one attached hydrogen (secondary N) is 1. The lowest BCUT2D eigenvalue weighted by molar-refractivity contribution is -0.112. The first-order valence-corrected chi connectivity index (χ1v) is 5.91. The van der Waals surface area contributed by atoms with Gasteiger partial charge in [0.15, 0.2) is 5.78 Å². The molecule has 0 aliphatic rings. The molecule has 1 heterocycles. The molecular weight excluding hydrogens is 266 g/mol. The molecule has 0 bridgehead atoms. The molecule has 1 N–H and O–H groups in total. The molecule has 1 aromatic heterocycles. The van der Waals surface area contributed by atoms with E-state index in [9.17, 15) is 14.4 Å². The molecule has 0 unspecified atom stereocenters. The Morgan fingerprint density at radius 1 is 1.26 bits per heavy atom. The molecule has 5 heteroatoms. The third kappa shape index (κ3) is 2.63. The van der Waals surface area contributed by atoms with Gasteiger partial charge in [-0.05, 0) is 36.2 Å². The predicted molar refractivity (Wildman–Crippen MR) is 73.2 cm³/mol. The molecule has 0 radical (unpaired) electrons. The fourth-order valence-electron chi connectivity index (χ4n) is 1.82. The number of fused-ring (bicyclic) bond motifs is 1. The third-order valence-corrected chi connectivity index (χ3v) is 2.84. The number of allylic oxidation sites excluding steroid dienone is 1. The van der Waals surface area contributed by atoms with Crippen LogP contribution in [0.15, 0.2) is 30.5 Å². The van der Waals surface area contributed by atoms with Gasteiger partial charge >= 0.3 is 0 Å². The number of aromatic nitrogens is 1. The fourth-order valence-corrected chi connectivity index (χ4v) is 1.92. The Kier molecular flexibility index (Phi) is 3.62. The molecule has 0 aliphatic heterocycles. The van der Waals surface area contributed by atoms with Gasteiger partial charge in [-0.15, -0.1) is 0 Å². The number of rotatable bonds is 4. The van der Waals surface area contributed by atoms with Gasteiger partial charge in [-0.1, -0.05) is 18.2 Å². The minimum absolute atomic E-state index is 0.0733. The van der Waals surface area contributed by atoms with Gasteiger partial charge in [-0.2, -0.15) is 0 Å². The number of carbonyl (C=O) groups is 3. The van der Waals surface area contributed by atoms with Crippen molar-refractivity contribution in [1.82, 2.24) is 4.98 Å². The fraction of sp³-hybridized carbons (Fsp3) is 0.0714. The third-order valence-electron chi connectivity index (χ3n) is 2.67. The smallest absolute Gasteiger partial charge is 0.293 e. The van der Waals surface area contributed by atoms with E-state index in [1.54, 1.807) is 24.3 Å². The maximum absolute atomic E-state index is 11.6. The minimum atomic E-state index is -1.02. The Bertz CT molecular complexity index is 713. The summed E-state index contributed by atoms with van der Waals surface area (Å²) in [7, 11) is 0. The number of H-pyrrole nitrogens is 1. The zero-order valence-electron chi connectivity index (χ0n) is 10.1. The second-order valence-corrected chi connectivity index (χ2v) is 4.36. The van der Waals surface area contributed by atoms with E-state index < -0.39 is 11.0 Å². The Morgan fingerprint density at radius 2 is 2.00 bits per heavy atom. The monoisotopic (exact) mass is 275 g/mol. The van der Waals surface area contributed by atoms with E-state index in [2.05, 4.69) is 4.98 Å². The van der Waals surface area contributed by atoms with Crippen LogP contribution in [0.2, 0.25) is 0 Å². The van der Waals surface area contributed by atoms with Crippen LogP contribution < -0.4 is 0 Å². The number of benzene rings is 1. The van der Waals surface area contributed by atoms with Gasteiger partial charge in [0.05, 0.1) is 11.1 Å². The molecule has 0 atom stereocenters. The number of para-hydroxylation sites is 1. The van der Waals surface area contributed by atoms with Crippen LogP contribution >= 0.6 is 11.6 Å². The quantitative estimate of drug-likeness (QED) is 0.404. The van der Waals surface area contributed by atoms with Gasteiger partial charge in [-0.3, -0.25) is 14.4 Å². The first kappa shape index (κ1) is 13.2. The molecular formula is C14H10ClNO3. The molecule has 0 saturated heterocycles. The number of carbonyl (C=O) groups excluding carboxylic acids is 3. The molecule has 0 spiro atoms. The SMILES string of the molecule is CC(=O)C=Cc1cccc2c(C(=O)C(=O)Cl)c[nH]c12. The predicted octanol–water partition coefficient (Wildman–Crippen LogP) is 2.72.